The summed E-state index contributed by atoms with van der Waals surface area (Å²) in [6.07, 6.45) is -3.55. The first-order chi connectivity index (χ1) is 16.7. The van der Waals surface area contributed by atoms with Crippen LogP contribution >= 0.6 is 11.6 Å². The molecule has 0 spiro atoms. The highest BCUT2D eigenvalue weighted by atomic mass is 35.5. The maximum absolute atomic E-state index is 13.1. The number of fused-ring (bicyclic) bond motifs is 1. The summed E-state index contributed by atoms with van der Waals surface area (Å²) in [5, 5.41) is 12.0. The number of piperazine rings is 1. The van der Waals surface area contributed by atoms with Gasteiger partial charge in [-0.3, -0.25) is 14.7 Å². The molecule has 3 heterocycles. The summed E-state index contributed by atoms with van der Waals surface area (Å²) in [7, 11) is 0. The number of anilines is 1. The number of nitrogens with zero attached hydrogens (tertiary/aromatic N) is 4. The molecule has 2 aliphatic heterocycles. The number of aliphatic hydroxyl groups is 1. The van der Waals surface area contributed by atoms with Crippen molar-refractivity contribution >= 4 is 34.1 Å². The fourth-order valence-corrected chi connectivity index (χ4v) is 5.07. The quantitative estimate of drug-likeness (QED) is 0.586. The van der Waals surface area contributed by atoms with E-state index in [0.29, 0.717) is 55.2 Å². The van der Waals surface area contributed by atoms with Crippen LogP contribution < -0.4 is 4.90 Å². The van der Waals surface area contributed by atoms with E-state index in [9.17, 15) is 23.1 Å². The van der Waals surface area contributed by atoms with E-state index >= 15 is 0 Å². The zero-order chi connectivity index (χ0) is 24.7. The van der Waals surface area contributed by atoms with Crippen LogP contribution in [0.5, 0.6) is 0 Å². The Morgan fingerprint density at radius 3 is 2.40 bits per heavy atom. The first-order valence-corrected chi connectivity index (χ1v) is 11.8. The number of pyridine rings is 1. The number of carbonyl (C=O) groups is 1. The largest absolute Gasteiger partial charge is 0.416 e. The SMILES string of the molecule is O=C(c1ccc(Cl)cc1)N1CCN([C@@H]2CN(c3ccnc4cc(C(F)(F)F)ccc34)C[C@H]2O)CC1. The van der Waals surface area contributed by atoms with Crippen molar-refractivity contribution in [3.63, 3.8) is 0 Å². The lowest BCUT2D eigenvalue weighted by Gasteiger charge is -2.38. The van der Waals surface area contributed by atoms with Gasteiger partial charge in [-0.2, -0.15) is 13.2 Å². The molecule has 2 fully saturated rings. The predicted octanol–water partition coefficient (Wildman–Crippen LogP) is 3.91. The Balaban J connectivity index is 1.27. The van der Waals surface area contributed by atoms with Crippen molar-refractivity contribution in [2.45, 2.75) is 18.3 Å². The highest BCUT2D eigenvalue weighted by Gasteiger charge is 2.38. The topological polar surface area (TPSA) is 59.9 Å². The summed E-state index contributed by atoms with van der Waals surface area (Å²) in [5.74, 6) is -0.0450. The molecule has 0 aliphatic carbocycles. The van der Waals surface area contributed by atoms with Gasteiger partial charge >= 0.3 is 6.18 Å². The van der Waals surface area contributed by atoms with E-state index in [1.165, 1.54) is 12.3 Å². The van der Waals surface area contributed by atoms with E-state index in [1.54, 1.807) is 35.2 Å². The summed E-state index contributed by atoms with van der Waals surface area (Å²) in [5.41, 5.74) is 0.875. The van der Waals surface area contributed by atoms with E-state index in [2.05, 4.69) is 9.88 Å². The van der Waals surface area contributed by atoms with E-state index in [0.717, 1.165) is 17.8 Å². The van der Waals surface area contributed by atoms with Crippen molar-refractivity contribution in [2.24, 2.45) is 0 Å². The fraction of sp³-hybridized carbons (Fsp3) is 0.360. The molecular weight excluding hydrogens is 481 g/mol. The molecule has 10 heteroatoms. The molecule has 1 N–H and O–H groups in total. The Labute approximate surface area is 205 Å². The molecule has 2 atom stereocenters. The number of alkyl halides is 3. The first kappa shape index (κ1) is 23.8. The van der Waals surface area contributed by atoms with Crippen molar-refractivity contribution in [1.82, 2.24) is 14.8 Å². The van der Waals surface area contributed by atoms with Crippen LogP contribution in [0, 0.1) is 0 Å². The van der Waals surface area contributed by atoms with Gasteiger partial charge in [0, 0.05) is 67.1 Å². The number of amides is 1. The Kier molecular flexibility index (Phi) is 6.33. The van der Waals surface area contributed by atoms with Crippen LogP contribution in [-0.2, 0) is 6.18 Å². The van der Waals surface area contributed by atoms with E-state index in [1.807, 2.05) is 4.90 Å². The van der Waals surface area contributed by atoms with Crippen LogP contribution in [-0.4, -0.2) is 77.2 Å². The zero-order valence-corrected chi connectivity index (χ0v) is 19.5. The van der Waals surface area contributed by atoms with Gasteiger partial charge in [0.05, 0.1) is 23.2 Å². The lowest BCUT2D eigenvalue weighted by Crippen LogP contribution is -2.54. The molecule has 184 valence electrons. The van der Waals surface area contributed by atoms with Crippen molar-refractivity contribution in [1.29, 1.82) is 0 Å². The normalized spacial score (nSPS) is 21.6. The average Bonchev–Trinajstić information content (AvgIpc) is 3.24. The van der Waals surface area contributed by atoms with Crippen molar-refractivity contribution < 1.29 is 23.1 Å². The van der Waals surface area contributed by atoms with Crippen LogP contribution in [0.4, 0.5) is 18.9 Å². The number of benzene rings is 2. The van der Waals surface area contributed by atoms with Gasteiger partial charge in [-0.05, 0) is 42.5 Å². The lowest BCUT2D eigenvalue weighted by atomic mass is 10.1. The zero-order valence-electron chi connectivity index (χ0n) is 18.7. The van der Waals surface area contributed by atoms with Crippen LogP contribution in [0.3, 0.4) is 0 Å². The second-order valence-corrected chi connectivity index (χ2v) is 9.37. The first-order valence-electron chi connectivity index (χ1n) is 11.4. The van der Waals surface area contributed by atoms with Gasteiger partial charge in [0.25, 0.3) is 5.91 Å². The fourth-order valence-electron chi connectivity index (χ4n) is 4.94. The second kappa shape index (κ2) is 9.29. The summed E-state index contributed by atoms with van der Waals surface area (Å²) in [6, 6.07) is 12.0. The number of β-amino-alcohol motifs (C(OH)–C–C–N with tert-alkyl or cyclic N) is 1. The number of halogens is 4. The highest BCUT2D eigenvalue weighted by Crippen LogP contribution is 2.35. The summed E-state index contributed by atoms with van der Waals surface area (Å²) in [4.78, 5) is 22.9. The number of hydrogen-bond donors (Lipinski definition) is 1. The Morgan fingerprint density at radius 1 is 1.00 bits per heavy atom. The maximum atomic E-state index is 13.1. The van der Waals surface area contributed by atoms with Gasteiger partial charge in [0.1, 0.15) is 0 Å². The third-order valence-electron chi connectivity index (χ3n) is 6.81. The van der Waals surface area contributed by atoms with Crippen LogP contribution in [0.1, 0.15) is 15.9 Å². The molecule has 0 bridgehead atoms. The molecular formula is C25H24ClF3N4O2. The molecule has 2 aliphatic rings. The number of rotatable bonds is 3. The van der Waals surface area contributed by atoms with Gasteiger partial charge in [-0.15, -0.1) is 0 Å². The smallest absolute Gasteiger partial charge is 0.390 e. The van der Waals surface area contributed by atoms with Gasteiger partial charge in [-0.1, -0.05) is 17.7 Å². The van der Waals surface area contributed by atoms with Crippen LogP contribution in [0.2, 0.25) is 5.02 Å². The monoisotopic (exact) mass is 504 g/mol. The average molecular weight is 505 g/mol. The minimum Gasteiger partial charge on any atom is -0.390 e. The van der Waals surface area contributed by atoms with Gasteiger partial charge in [0.2, 0.25) is 0 Å². The molecule has 6 nitrogen and oxygen atoms in total. The van der Waals surface area contributed by atoms with Gasteiger partial charge in [0.15, 0.2) is 0 Å². The van der Waals surface area contributed by atoms with Crippen molar-refractivity contribution in [3.05, 3.63) is 70.9 Å². The van der Waals surface area contributed by atoms with E-state index in [-0.39, 0.29) is 17.5 Å². The third-order valence-corrected chi connectivity index (χ3v) is 7.06. The molecule has 5 rings (SSSR count). The minimum absolute atomic E-state index is 0.0450. The highest BCUT2D eigenvalue weighted by molar-refractivity contribution is 6.30. The second-order valence-electron chi connectivity index (χ2n) is 8.93. The van der Waals surface area contributed by atoms with Crippen LogP contribution in [0.15, 0.2) is 54.7 Å². The minimum atomic E-state index is -4.43. The molecule has 0 radical (unpaired) electrons. The van der Waals surface area contributed by atoms with Crippen LogP contribution in [0.25, 0.3) is 10.9 Å². The molecule has 2 aromatic carbocycles. The van der Waals surface area contributed by atoms with Gasteiger partial charge < -0.3 is 14.9 Å². The Hall–Kier alpha value is -2.88. The summed E-state index contributed by atoms with van der Waals surface area (Å²) >= 11 is 5.91. The van der Waals surface area contributed by atoms with Crippen molar-refractivity contribution in [3.8, 4) is 0 Å². The third kappa shape index (κ3) is 4.80. The molecule has 0 unspecified atom stereocenters. The number of carbonyl (C=O) groups excluding carboxylic acids is 1. The Bertz CT molecular complexity index is 1230. The molecule has 3 aromatic rings. The lowest BCUT2D eigenvalue weighted by molar-refractivity contribution is -0.137. The maximum Gasteiger partial charge on any atom is 0.416 e. The van der Waals surface area contributed by atoms with E-state index in [4.69, 9.17) is 11.6 Å². The standard InChI is InChI=1S/C25H24ClF3N4O2/c26-18-4-1-16(2-5-18)24(35)32-11-9-31(10-12-32)22-14-33(15-23(22)34)21-7-8-30-20-13-17(25(27,28)29)3-6-19(20)21/h1-8,13,22-23,34H,9-12,14-15H2/t22-,23-/m1/s1. The van der Waals surface area contributed by atoms with Gasteiger partial charge in [-0.25, -0.2) is 0 Å². The predicted molar refractivity (Wildman–Crippen MR) is 128 cm³/mol. The summed E-state index contributed by atoms with van der Waals surface area (Å²) < 4.78 is 39.3. The number of aromatic nitrogens is 1. The summed E-state index contributed by atoms with van der Waals surface area (Å²) in [6.45, 7) is 3.25. The number of aliphatic hydroxyl groups excluding tert-OH is 1. The number of hydrogen-bond acceptors (Lipinski definition) is 5. The van der Waals surface area contributed by atoms with E-state index < -0.39 is 17.8 Å². The molecule has 1 aromatic heterocycles. The molecule has 35 heavy (non-hydrogen) atoms. The van der Waals surface area contributed by atoms with Crippen molar-refractivity contribution in [2.75, 3.05) is 44.2 Å². The molecule has 0 saturated carbocycles. The molecule has 1 amide bonds. The Morgan fingerprint density at radius 2 is 1.71 bits per heavy atom. The molecule has 2 saturated heterocycles.